The van der Waals surface area contributed by atoms with Gasteiger partial charge < -0.3 is 0 Å². The first-order valence-corrected chi connectivity index (χ1v) is 10.7. The van der Waals surface area contributed by atoms with Crippen molar-refractivity contribution in [1.29, 1.82) is 0 Å². The van der Waals surface area contributed by atoms with Crippen molar-refractivity contribution in [1.82, 2.24) is 10.4 Å². The SMILES string of the molecule is CCCCCCCCC#CCC#CCC#CCCCC(=O)NN1CCCC1. The van der Waals surface area contributed by atoms with Crippen molar-refractivity contribution in [3.05, 3.63) is 0 Å². The molecule has 1 heterocycles. The summed E-state index contributed by atoms with van der Waals surface area (Å²) in [5.41, 5.74) is 2.94. The number of carbonyl (C=O) groups excluding carboxylic acids is 1. The second-order valence-electron chi connectivity index (χ2n) is 7.01. The van der Waals surface area contributed by atoms with Gasteiger partial charge in [-0.25, -0.2) is 5.01 Å². The number of hydrazine groups is 1. The largest absolute Gasteiger partial charge is 0.289 e. The van der Waals surface area contributed by atoms with Crippen LogP contribution in [0.1, 0.15) is 96.8 Å². The van der Waals surface area contributed by atoms with Crippen LogP contribution in [0, 0.1) is 35.5 Å². The summed E-state index contributed by atoms with van der Waals surface area (Å²) in [5.74, 6) is 18.7. The Morgan fingerprint density at radius 1 is 0.778 bits per heavy atom. The van der Waals surface area contributed by atoms with Crippen molar-refractivity contribution in [2.45, 2.75) is 96.8 Å². The molecule has 1 aliphatic heterocycles. The molecule has 1 rings (SSSR count). The predicted octanol–water partition coefficient (Wildman–Crippen LogP) is 4.82. The van der Waals surface area contributed by atoms with E-state index >= 15 is 0 Å². The molecule has 0 bridgehead atoms. The van der Waals surface area contributed by atoms with Gasteiger partial charge in [-0.1, -0.05) is 62.7 Å². The molecular weight excluding hydrogens is 332 g/mol. The van der Waals surface area contributed by atoms with Crippen LogP contribution in [0.4, 0.5) is 0 Å². The first-order chi connectivity index (χ1) is 13.3. The van der Waals surface area contributed by atoms with Crippen LogP contribution in [-0.2, 0) is 4.79 Å². The van der Waals surface area contributed by atoms with Crippen LogP contribution < -0.4 is 5.43 Å². The van der Waals surface area contributed by atoms with Gasteiger partial charge in [0.05, 0.1) is 12.8 Å². The molecule has 1 N–H and O–H groups in total. The summed E-state index contributed by atoms with van der Waals surface area (Å²) >= 11 is 0. The third-order valence-corrected chi connectivity index (χ3v) is 4.48. The molecule has 1 amide bonds. The normalized spacial score (nSPS) is 12.9. The number of amides is 1. The number of carbonyl (C=O) groups is 1. The molecule has 3 nitrogen and oxygen atoms in total. The summed E-state index contributed by atoms with van der Waals surface area (Å²) in [7, 11) is 0. The molecule has 0 radical (unpaired) electrons. The van der Waals surface area contributed by atoms with Crippen molar-refractivity contribution in [3.8, 4) is 35.5 Å². The Morgan fingerprint density at radius 3 is 2.00 bits per heavy atom. The summed E-state index contributed by atoms with van der Waals surface area (Å²) in [6.45, 7) is 4.20. The predicted molar refractivity (Wildman–Crippen MR) is 113 cm³/mol. The molecule has 1 saturated heterocycles. The lowest BCUT2D eigenvalue weighted by molar-refractivity contribution is -0.125. The number of hydrogen-bond donors (Lipinski definition) is 1. The first kappa shape index (κ1) is 23.1. The molecular formula is C24H36N2O. The molecule has 0 atom stereocenters. The average molecular weight is 369 g/mol. The Bertz CT molecular complexity index is 571. The Labute approximate surface area is 167 Å². The van der Waals surface area contributed by atoms with Crippen LogP contribution in [0.2, 0.25) is 0 Å². The molecule has 148 valence electrons. The number of nitrogens with zero attached hydrogens (tertiary/aromatic N) is 1. The number of unbranched alkanes of at least 4 members (excludes halogenated alkanes) is 7. The number of nitrogens with one attached hydrogen (secondary N) is 1. The zero-order chi connectivity index (χ0) is 19.4. The van der Waals surface area contributed by atoms with E-state index in [1.807, 2.05) is 5.01 Å². The molecule has 0 aromatic rings. The lowest BCUT2D eigenvalue weighted by Crippen LogP contribution is -2.39. The van der Waals surface area contributed by atoms with Gasteiger partial charge in [0, 0.05) is 32.4 Å². The van der Waals surface area contributed by atoms with Crippen LogP contribution in [0.3, 0.4) is 0 Å². The van der Waals surface area contributed by atoms with E-state index in [1.165, 1.54) is 51.4 Å². The Morgan fingerprint density at radius 2 is 1.33 bits per heavy atom. The van der Waals surface area contributed by atoms with Crippen LogP contribution >= 0.6 is 0 Å². The van der Waals surface area contributed by atoms with E-state index in [-0.39, 0.29) is 5.91 Å². The maximum absolute atomic E-state index is 11.7. The molecule has 0 spiro atoms. The van der Waals surface area contributed by atoms with Crippen LogP contribution in [0.25, 0.3) is 0 Å². The summed E-state index contributed by atoms with van der Waals surface area (Å²) in [4.78, 5) is 11.7. The maximum atomic E-state index is 11.7. The topological polar surface area (TPSA) is 32.3 Å². The van der Waals surface area contributed by atoms with E-state index in [4.69, 9.17) is 0 Å². The molecule has 0 unspecified atom stereocenters. The smallest absolute Gasteiger partial charge is 0.234 e. The number of rotatable bonds is 10. The summed E-state index contributed by atoms with van der Waals surface area (Å²) in [6.07, 6.45) is 14.6. The van der Waals surface area contributed by atoms with E-state index in [9.17, 15) is 4.79 Å². The van der Waals surface area contributed by atoms with Crippen LogP contribution in [-0.4, -0.2) is 24.0 Å². The lowest BCUT2D eigenvalue weighted by Gasteiger charge is -2.15. The lowest BCUT2D eigenvalue weighted by atomic mass is 10.1. The highest BCUT2D eigenvalue weighted by Crippen LogP contribution is 2.06. The van der Waals surface area contributed by atoms with Gasteiger partial charge in [-0.2, -0.15) is 0 Å². The van der Waals surface area contributed by atoms with Crippen LogP contribution in [0.15, 0.2) is 0 Å². The summed E-state index contributed by atoms with van der Waals surface area (Å²) in [5, 5.41) is 2.01. The monoisotopic (exact) mass is 368 g/mol. The standard InChI is InChI=1S/C24H36N2O/c1-2-3-4-5-6-7-8-9-10-11-12-13-14-15-16-17-18-21-24(27)25-26-22-19-20-23-26/h2-8,11,14,17-23H2,1H3,(H,25,27). The molecule has 0 aromatic heterocycles. The van der Waals surface area contributed by atoms with Crippen molar-refractivity contribution in [3.63, 3.8) is 0 Å². The minimum absolute atomic E-state index is 0.109. The first-order valence-electron chi connectivity index (χ1n) is 10.7. The fourth-order valence-electron chi connectivity index (χ4n) is 2.91. The van der Waals surface area contributed by atoms with E-state index in [0.29, 0.717) is 19.3 Å². The molecule has 1 fully saturated rings. The van der Waals surface area contributed by atoms with E-state index in [0.717, 1.165) is 32.4 Å². The Kier molecular flexibility index (Phi) is 15.0. The maximum Gasteiger partial charge on any atom is 0.234 e. The number of hydrogen-bond acceptors (Lipinski definition) is 2. The molecule has 27 heavy (non-hydrogen) atoms. The Hall–Kier alpha value is -1.89. The van der Waals surface area contributed by atoms with Gasteiger partial charge in [0.15, 0.2) is 0 Å². The van der Waals surface area contributed by atoms with Crippen LogP contribution in [0.5, 0.6) is 0 Å². The van der Waals surface area contributed by atoms with Gasteiger partial charge in [-0.15, -0.1) is 11.8 Å². The van der Waals surface area contributed by atoms with Crippen molar-refractivity contribution >= 4 is 5.91 Å². The highest BCUT2D eigenvalue weighted by atomic mass is 16.2. The Balaban J connectivity index is 1.92. The van der Waals surface area contributed by atoms with Gasteiger partial charge in [0.1, 0.15) is 0 Å². The average Bonchev–Trinajstić information content (AvgIpc) is 3.17. The van der Waals surface area contributed by atoms with E-state index in [2.05, 4.69) is 47.9 Å². The fourth-order valence-corrected chi connectivity index (χ4v) is 2.91. The third kappa shape index (κ3) is 14.9. The van der Waals surface area contributed by atoms with E-state index in [1.54, 1.807) is 0 Å². The van der Waals surface area contributed by atoms with Gasteiger partial charge in [0.25, 0.3) is 0 Å². The molecule has 0 aliphatic carbocycles. The van der Waals surface area contributed by atoms with Gasteiger partial charge >= 0.3 is 0 Å². The zero-order valence-electron chi connectivity index (χ0n) is 17.2. The van der Waals surface area contributed by atoms with E-state index < -0.39 is 0 Å². The highest BCUT2D eigenvalue weighted by Gasteiger charge is 2.13. The minimum Gasteiger partial charge on any atom is -0.289 e. The van der Waals surface area contributed by atoms with Crippen molar-refractivity contribution in [2.75, 3.05) is 13.1 Å². The second kappa shape index (κ2) is 17.5. The quantitative estimate of drug-likeness (QED) is 0.443. The minimum atomic E-state index is 0.109. The third-order valence-electron chi connectivity index (χ3n) is 4.48. The van der Waals surface area contributed by atoms with Crippen molar-refractivity contribution in [2.24, 2.45) is 0 Å². The zero-order valence-corrected chi connectivity index (χ0v) is 17.2. The molecule has 1 aliphatic rings. The fraction of sp³-hybridized carbons (Fsp3) is 0.708. The highest BCUT2D eigenvalue weighted by molar-refractivity contribution is 5.75. The molecule has 0 aromatic carbocycles. The van der Waals surface area contributed by atoms with Crippen molar-refractivity contribution < 1.29 is 4.79 Å². The molecule has 0 saturated carbocycles. The van der Waals surface area contributed by atoms with Gasteiger partial charge in [-0.3, -0.25) is 10.2 Å². The van der Waals surface area contributed by atoms with Gasteiger partial charge in [-0.05, 0) is 25.7 Å². The summed E-state index contributed by atoms with van der Waals surface area (Å²) < 4.78 is 0. The van der Waals surface area contributed by atoms with Gasteiger partial charge in [0.2, 0.25) is 5.91 Å². The molecule has 3 heteroatoms. The second-order valence-corrected chi connectivity index (χ2v) is 7.01. The summed E-state index contributed by atoms with van der Waals surface area (Å²) in [6, 6.07) is 0.